The molecule has 0 amide bonds. The minimum Gasteiger partial charge on any atom is -0.392 e. The molecule has 1 saturated heterocycles. The van der Waals surface area contributed by atoms with Gasteiger partial charge in [-0.15, -0.1) is 0 Å². The van der Waals surface area contributed by atoms with Gasteiger partial charge in [0, 0.05) is 16.7 Å². The molecule has 1 aromatic heterocycles. The first kappa shape index (κ1) is 23.1. The van der Waals surface area contributed by atoms with E-state index < -0.39 is 24.9 Å². The minimum absolute atomic E-state index is 0.0689. The Balaban J connectivity index is 2.11. The van der Waals surface area contributed by atoms with Crippen LogP contribution in [0.25, 0.3) is 0 Å². The normalized spacial score (nSPS) is 24.9. The molecule has 0 radical (unpaired) electrons. The maximum atomic E-state index is 12.6. The molecule has 3 atom stereocenters. The van der Waals surface area contributed by atoms with Crippen molar-refractivity contribution in [3.8, 4) is 0 Å². The first-order valence-corrected chi connectivity index (χ1v) is 14.2. The molecule has 1 aromatic carbocycles. The van der Waals surface area contributed by atoms with Gasteiger partial charge in [-0.25, -0.2) is 4.79 Å². The highest BCUT2D eigenvalue weighted by Gasteiger charge is 2.59. The van der Waals surface area contributed by atoms with Crippen molar-refractivity contribution in [3.63, 3.8) is 0 Å². The number of nitrogens with one attached hydrogen (secondary N) is 1. The molecule has 6 nitrogen and oxygen atoms in total. The van der Waals surface area contributed by atoms with Gasteiger partial charge < -0.3 is 9.84 Å². The number of ether oxygens (including phenoxy) is 1. The highest BCUT2D eigenvalue weighted by Crippen LogP contribution is 2.61. The Morgan fingerprint density at radius 3 is 2.47 bits per heavy atom. The molecule has 8 heteroatoms. The van der Waals surface area contributed by atoms with Crippen molar-refractivity contribution in [2.75, 3.05) is 6.61 Å². The van der Waals surface area contributed by atoms with Gasteiger partial charge in [0.15, 0.2) is 0 Å². The van der Waals surface area contributed by atoms with Crippen LogP contribution >= 0.6 is 11.8 Å². The third-order valence-corrected chi connectivity index (χ3v) is 14.7. The number of hydrogen-bond acceptors (Lipinski definition) is 5. The summed E-state index contributed by atoms with van der Waals surface area (Å²) in [5, 5.41) is 10.7. The summed E-state index contributed by atoms with van der Waals surface area (Å²) >= 11 is 1.54. The second-order valence-corrected chi connectivity index (χ2v) is 16.7. The fourth-order valence-corrected chi connectivity index (χ4v) is 9.35. The zero-order valence-corrected chi connectivity index (χ0v) is 20.4. The van der Waals surface area contributed by atoms with E-state index in [1.807, 2.05) is 30.3 Å². The largest absolute Gasteiger partial charge is 0.392 e. The Labute approximate surface area is 182 Å². The summed E-state index contributed by atoms with van der Waals surface area (Å²) in [4.78, 5) is 26.9. The van der Waals surface area contributed by atoms with E-state index in [2.05, 4.69) is 38.8 Å². The van der Waals surface area contributed by atoms with Crippen molar-refractivity contribution in [1.29, 1.82) is 0 Å². The van der Waals surface area contributed by atoms with Crippen LogP contribution in [-0.4, -0.2) is 34.3 Å². The number of nitrogens with zero attached hydrogens (tertiary/aromatic N) is 1. The Bertz CT molecular complexity index is 1010. The molecule has 0 saturated carbocycles. The Morgan fingerprint density at radius 2 is 1.90 bits per heavy atom. The quantitative estimate of drug-likeness (QED) is 0.672. The van der Waals surface area contributed by atoms with Crippen molar-refractivity contribution in [1.82, 2.24) is 9.55 Å². The summed E-state index contributed by atoms with van der Waals surface area (Å²) in [5.41, 5.74) is -0.325. The highest BCUT2D eigenvalue weighted by atomic mass is 32.2. The molecule has 1 fully saturated rings. The van der Waals surface area contributed by atoms with E-state index in [-0.39, 0.29) is 22.7 Å². The maximum Gasteiger partial charge on any atom is 0.330 e. The van der Waals surface area contributed by atoms with Gasteiger partial charge in [0.25, 0.3) is 5.56 Å². The van der Waals surface area contributed by atoms with Crippen LogP contribution in [0.5, 0.6) is 0 Å². The van der Waals surface area contributed by atoms with E-state index >= 15 is 0 Å². The standard InChI is InChI=1S/C22H32N2O4SSi/c1-15-13-24(20(27)23-19(15)26)18-12-17(30(5,6)21(2,3)4)22(14-25,28-18)29-16-10-8-7-9-11-16/h7-11,13,17-18,25H,12,14H2,1-6H3,(H,23,26,27)/t17-,18+,22+/m0/s1. The summed E-state index contributed by atoms with van der Waals surface area (Å²) in [6, 6.07) is 9.92. The monoisotopic (exact) mass is 448 g/mol. The minimum atomic E-state index is -1.99. The molecule has 30 heavy (non-hydrogen) atoms. The number of aryl methyl sites for hydroxylation is 1. The second kappa shape index (κ2) is 8.14. The second-order valence-electron chi connectivity index (χ2n) is 9.70. The molecule has 0 spiro atoms. The summed E-state index contributed by atoms with van der Waals surface area (Å²) < 4.78 is 8.02. The van der Waals surface area contributed by atoms with Gasteiger partial charge in [-0.1, -0.05) is 63.8 Å². The van der Waals surface area contributed by atoms with E-state index in [1.54, 1.807) is 13.1 Å². The molecule has 0 bridgehead atoms. The van der Waals surface area contributed by atoms with E-state index in [1.165, 1.54) is 16.3 Å². The van der Waals surface area contributed by atoms with Gasteiger partial charge in [-0.3, -0.25) is 14.3 Å². The van der Waals surface area contributed by atoms with Crippen LogP contribution < -0.4 is 11.2 Å². The molecule has 164 valence electrons. The Morgan fingerprint density at radius 1 is 1.27 bits per heavy atom. The van der Waals surface area contributed by atoms with Gasteiger partial charge in [0.05, 0.1) is 14.7 Å². The number of aromatic amines is 1. The fraction of sp³-hybridized carbons (Fsp3) is 0.545. The molecule has 2 heterocycles. The Kier molecular flexibility index (Phi) is 6.26. The van der Waals surface area contributed by atoms with Crippen LogP contribution in [-0.2, 0) is 4.74 Å². The van der Waals surface area contributed by atoms with E-state index in [4.69, 9.17) is 4.74 Å². The lowest BCUT2D eigenvalue weighted by molar-refractivity contribution is -0.0457. The van der Waals surface area contributed by atoms with Crippen LogP contribution in [0, 0.1) is 6.92 Å². The molecule has 0 unspecified atom stereocenters. The zero-order chi connectivity index (χ0) is 22.3. The maximum absolute atomic E-state index is 12.6. The zero-order valence-electron chi connectivity index (χ0n) is 18.6. The number of thioether (sulfide) groups is 1. The van der Waals surface area contributed by atoms with E-state index in [0.29, 0.717) is 12.0 Å². The number of rotatable bonds is 5. The molecule has 2 N–H and O–H groups in total. The molecule has 1 aliphatic heterocycles. The number of aromatic nitrogens is 2. The summed E-state index contributed by atoms with van der Waals surface area (Å²) in [6.45, 7) is 12.9. The smallest absolute Gasteiger partial charge is 0.330 e. The molecular weight excluding hydrogens is 416 g/mol. The lowest BCUT2D eigenvalue weighted by Crippen LogP contribution is -2.50. The lowest BCUT2D eigenvalue weighted by atomic mass is 10.2. The number of hydrogen-bond donors (Lipinski definition) is 2. The average molecular weight is 449 g/mol. The lowest BCUT2D eigenvalue weighted by Gasteiger charge is -2.47. The summed E-state index contributed by atoms with van der Waals surface area (Å²) in [6.07, 6.45) is 1.63. The Hall–Kier alpha value is -1.61. The van der Waals surface area contributed by atoms with Crippen molar-refractivity contribution in [2.45, 2.75) is 73.8 Å². The summed E-state index contributed by atoms with van der Waals surface area (Å²) in [5.74, 6) is 0. The summed E-state index contributed by atoms with van der Waals surface area (Å²) in [7, 11) is -1.99. The molecular formula is C22H32N2O4SSi. The van der Waals surface area contributed by atoms with Crippen molar-refractivity contribution in [2.24, 2.45) is 0 Å². The molecule has 0 aliphatic carbocycles. The number of H-pyrrole nitrogens is 1. The van der Waals surface area contributed by atoms with Gasteiger partial charge in [-0.2, -0.15) is 0 Å². The first-order valence-electron chi connectivity index (χ1n) is 10.3. The van der Waals surface area contributed by atoms with Gasteiger partial charge in [-0.05, 0) is 36.1 Å². The first-order chi connectivity index (χ1) is 13.9. The van der Waals surface area contributed by atoms with Gasteiger partial charge >= 0.3 is 5.69 Å². The van der Waals surface area contributed by atoms with Crippen molar-refractivity contribution < 1.29 is 9.84 Å². The van der Waals surface area contributed by atoms with Gasteiger partial charge in [0.2, 0.25) is 0 Å². The topological polar surface area (TPSA) is 84.3 Å². The SMILES string of the molecule is Cc1cn([C@H]2C[C@H]([Si](C)(C)C(C)(C)C)[C@@](CO)(Sc3ccccc3)O2)c(=O)[nH]c1=O. The van der Waals surface area contributed by atoms with Crippen LogP contribution in [0.2, 0.25) is 23.7 Å². The third-order valence-electron chi connectivity index (χ3n) is 6.82. The predicted molar refractivity (Wildman–Crippen MR) is 124 cm³/mol. The van der Waals surface area contributed by atoms with Gasteiger partial charge in [0.1, 0.15) is 11.2 Å². The number of aliphatic hydroxyl groups is 1. The third kappa shape index (κ3) is 4.10. The van der Waals surface area contributed by atoms with E-state index in [0.717, 1.165) is 4.90 Å². The van der Waals surface area contributed by atoms with Crippen molar-refractivity contribution in [3.05, 3.63) is 62.9 Å². The molecule has 3 rings (SSSR count). The number of benzene rings is 1. The number of aliphatic hydroxyl groups excluding tert-OH is 1. The fourth-order valence-electron chi connectivity index (χ4n) is 4.04. The van der Waals surface area contributed by atoms with Crippen LogP contribution in [0.3, 0.4) is 0 Å². The van der Waals surface area contributed by atoms with E-state index in [9.17, 15) is 14.7 Å². The highest BCUT2D eigenvalue weighted by molar-refractivity contribution is 8.00. The average Bonchev–Trinajstić information content (AvgIpc) is 3.05. The molecule has 2 aromatic rings. The van der Waals surface area contributed by atoms with Crippen LogP contribution in [0.4, 0.5) is 0 Å². The van der Waals surface area contributed by atoms with Crippen molar-refractivity contribution >= 4 is 19.8 Å². The predicted octanol–water partition coefficient (Wildman–Crippen LogP) is 4.12. The van der Waals surface area contributed by atoms with Crippen LogP contribution in [0.1, 0.15) is 39.0 Å². The van der Waals surface area contributed by atoms with Crippen LogP contribution in [0.15, 0.2) is 51.0 Å². The molecule has 1 aliphatic rings.